The smallest absolute Gasteiger partial charge is 0.0601 e. The molecule has 1 N–H and O–H groups in total. The Morgan fingerprint density at radius 3 is 2.83 bits per heavy atom. The van der Waals surface area contributed by atoms with Crippen molar-refractivity contribution in [2.45, 2.75) is 39.3 Å². The molecule has 98 valence electrons. The molecule has 0 unspecified atom stereocenters. The maximum absolute atomic E-state index is 4.27. The van der Waals surface area contributed by atoms with E-state index in [4.69, 9.17) is 0 Å². The molecule has 0 amide bonds. The van der Waals surface area contributed by atoms with Gasteiger partial charge in [0.05, 0.1) is 11.9 Å². The molecule has 0 spiro atoms. The molecule has 1 aromatic rings. The molecular formula is C15H23N3. The number of nitrogens with one attached hydrogen (secondary N) is 1. The van der Waals surface area contributed by atoms with Gasteiger partial charge in [0, 0.05) is 31.4 Å². The molecule has 0 saturated heterocycles. The third kappa shape index (κ3) is 3.57. The van der Waals surface area contributed by atoms with Crippen LogP contribution in [0.3, 0.4) is 0 Å². The molecule has 3 nitrogen and oxygen atoms in total. The van der Waals surface area contributed by atoms with Gasteiger partial charge in [-0.1, -0.05) is 12.2 Å². The van der Waals surface area contributed by atoms with Crippen LogP contribution in [0.4, 0.5) is 5.69 Å². The van der Waals surface area contributed by atoms with Crippen LogP contribution >= 0.6 is 0 Å². The summed E-state index contributed by atoms with van der Waals surface area (Å²) >= 11 is 0. The van der Waals surface area contributed by atoms with Crippen LogP contribution in [0.5, 0.6) is 0 Å². The van der Waals surface area contributed by atoms with Crippen molar-refractivity contribution in [2.75, 3.05) is 18.0 Å². The first-order valence-electron chi connectivity index (χ1n) is 6.64. The zero-order valence-electron chi connectivity index (χ0n) is 11.6. The zero-order chi connectivity index (χ0) is 13.0. The molecule has 18 heavy (non-hydrogen) atoms. The minimum Gasteiger partial charge on any atom is -0.366 e. The summed E-state index contributed by atoms with van der Waals surface area (Å²) in [6.07, 6.45) is 9.47. The Balaban J connectivity index is 2.12. The van der Waals surface area contributed by atoms with Crippen molar-refractivity contribution >= 4 is 5.69 Å². The zero-order valence-corrected chi connectivity index (χ0v) is 11.6. The lowest BCUT2D eigenvalue weighted by Gasteiger charge is -2.28. The second-order valence-corrected chi connectivity index (χ2v) is 5.81. The molecule has 0 saturated carbocycles. The van der Waals surface area contributed by atoms with Gasteiger partial charge in [0.2, 0.25) is 0 Å². The van der Waals surface area contributed by atoms with Crippen LogP contribution in [0.1, 0.15) is 32.8 Å². The van der Waals surface area contributed by atoms with E-state index < -0.39 is 0 Å². The van der Waals surface area contributed by atoms with Crippen LogP contribution in [0.25, 0.3) is 0 Å². The molecule has 1 aromatic heterocycles. The molecule has 0 radical (unpaired) electrons. The van der Waals surface area contributed by atoms with Crippen molar-refractivity contribution < 1.29 is 0 Å². The van der Waals surface area contributed by atoms with Crippen LogP contribution < -0.4 is 10.2 Å². The van der Waals surface area contributed by atoms with Gasteiger partial charge in [-0.15, -0.1) is 0 Å². The number of pyridine rings is 1. The van der Waals surface area contributed by atoms with Gasteiger partial charge >= 0.3 is 0 Å². The number of hydrogen-bond donors (Lipinski definition) is 1. The van der Waals surface area contributed by atoms with E-state index in [0.717, 1.165) is 26.1 Å². The summed E-state index contributed by atoms with van der Waals surface area (Å²) in [4.78, 5) is 6.67. The third-order valence-electron chi connectivity index (χ3n) is 3.10. The topological polar surface area (TPSA) is 28.2 Å². The Labute approximate surface area is 110 Å². The Morgan fingerprint density at radius 2 is 2.17 bits per heavy atom. The SMILES string of the molecule is CC(C)(C)NCc1ccncc1N1CC=CCC1. The highest BCUT2D eigenvalue weighted by Crippen LogP contribution is 2.21. The summed E-state index contributed by atoms with van der Waals surface area (Å²) in [6.45, 7) is 9.55. The van der Waals surface area contributed by atoms with E-state index in [1.807, 2.05) is 12.4 Å². The lowest BCUT2D eigenvalue weighted by atomic mass is 10.1. The fourth-order valence-corrected chi connectivity index (χ4v) is 2.07. The van der Waals surface area contributed by atoms with Crippen molar-refractivity contribution in [1.82, 2.24) is 10.3 Å². The molecule has 1 aliphatic rings. The van der Waals surface area contributed by atoms with E-state index in [0.29, 0.717) is 0 Å². The second kappa shape index (κ2) is 5.53. The van der Waals surface area contributed by atoms with Crippen LogP contribution in [0.15, 0.2) is 30.6 Å². The van der Waals surface area contributed by atoms with Crippen LogP contribution in [-0.2, 0) is 6.54 Å². The summed E-state index contributed by atoms with van der Waals surface area (Å²) in [6, 6.07) is 2.12. The highest BCUT2D eigenvalue weighted by Gasteiger charge is 2.14. The van der Waals surface area contributed by atoms with E-state index in [2.05, 4.69) is 54.2 Å². The molecule has 0 fully saturated rings. The molecule has 2 rings (SSSR count). The molecule has 1 aliphatic heterocycles. The fourth-order valence-electron chi connectivity index (χ4n) is 2.07. The maximum Gasteiger partial charge on any atom is 0.0601 e. The van der Waals surface area contributed by atoms with E-state index in [1.54, 1.807) is 0 Å². The summed E-state index contributed by atoms with van der Waals surface area (Å²) < 4.78 is 0. The fraction of sp³-hybridized carbons (Fsp3) is 0.533. The maximum atomic E-state index is 4.27. The molecule has 0 aromatic carbocycles. The summed E-state index contributed by atoms with van der Waals surface area (Å²) in [5.41, 5.74) is 2.73. The highest BCUT2D eigenvalue weighted by atomic mass is 15.1. The minimum atomic E-state index is 0.141. The van der Waals surface area contributed by atoms with Gasteiger partial charge in [-0.3, -0.25) is 4.98 Å². The van der Waals surface area contributed by atoms with Crippen LogP contribution in [0, 0.1) is 0 Å². The highest BCUT2D eigenvalue weighted by molar-refractivity contribution is 5.52. The number of hydrogen-bond acceptors (Lipinski definition) is 3. The van der Waals surface area contributed by atoms with Gasteiger partial charge in [-0.25, -0.2) is 0 Å². The third-order valence-corrected chi connectivity index (χ3v) is 3.10. The molecule has 2 heterocycles. The molecule has 0 aliphatic carbocycles. The summed E-state index contributed by atoms with van der Waals surface area (Å²) in [5, 5.41) is 3.55. The van der Waals surface area contributed by atoms with Crippen molar-refractivity contribution in [3.05, 3.63) is 36.2 Å². The lowest BCUT2D eigenvalue weighted by Crippen LogP contribution is -2.36. The Morgan fingerprint density at radius 1 is 1.33 bits per heavy atom. The Hall–Kier alpha value is -1.35. The molecule has 3 heteroatoms. The predicted molar refractivity (Wildman–Crippen MR) is 76.8 cm³/mol. The van der Waals surface area contributed by atoms with Gasteiger partial charge in [0.1, 0.15) is 0 Å². The van der Waals surface area contributed by atoms with Gasteiger partial charge in [0.25, 0.3) is 0 Å². The largest absolute Gasteiger partial charge is 0.366 e. The quantitative estimate of drug-likeness (QED) is 0.830. The van der Waals surface area contributed by atoms with Crippen LogP contribution in [-0.4, -0.2) is 23.6 Å². The monoisotopic (exact) mass is 245 g/mol. The first-order chi connectivity index (χ1) is 8.56. The van der Waals surface area contributed by atoms with Gasteiger partial charge in [0.15, 0.2) is 0 Å². The van der Waals surface area contributed by atoms with Gasteiger partial charge in [-0.2, -0.15) is 0 Å². The second-order valence-electron chi connectivity index (χ2n) is 5.81. The first-order valence-corrected chi connectivity index (χ1v) is 6.64. The standard InChI is InChI=1S/C15H23N3/c1-15(2,3)17-11-13-7-8-16-12-14(13)18-9-5-4-6-10-18/h4-5,7-8,12,17H,6,9-11H2,1-3H3. The predicted octanol–water partition coefficient (Wildman–Crippen LogP) is 2.74. The van der Waals surface area contributed by atoms with Crippen molar-refractivity contribution in [3.8, 4) is 0 Å². The van der Waals surface area contributed by atoms with E-state index in [-0.39, 0.29) is 5.54 Å². The van der Waals surface area contributed by atoms with Crippen molar-refractivity contribution in [3.63, 3.8) is 0 Å². The first kappa shape index (κ1) is 13.1. The molecule has 0 atom stereocenters. The molecule has 0 bridgehead atoms. The van der Waals surface area contributed by atoms with Gasteiger partial charge in [-0.05, 0) is 38.8 Å². The van der Waals surface area contributed by atoms with E-state index >= 15 is 0 Å². The minimum absolute atomic E-state index is 0.141. The normalized spacial score (nSPS) is 16.1. The Bertz CT molecular complexity index is 418. The van der Waals surface area contributed by atoms with E-state index in [1.165, 1.54) is 11.3 Å². The van der Waals surface area contributed by atoms with Crippen molar-refractivity contribution in [1.29, 1.82) is 0 Å². The lowest BCUT2D eigenvalue weighted by molar-refractivity contribution is 0.424. The van der Waals surface area contributed by atoms with E-state index in [9.17, 15) is 0 Å². The summed E-state index contributed by atoms with van der Waals surface area (Å²) in [5.74, 6) is 0. The number of anilines is 1. The average molecular weight is 245 g/mol. The Kier molecular flexibility index (Phi) is 4.02. The number of nitrogens with zero attached hydrogens (tertiary/aromatic N) is 2. The number of rotatable bonds is 3. The summed E-state index contributed by atoms with van der Waals surface area (Å²) in [7, 11) is 0. The van der Waals surface area contributed by atoms with Crippen molar-refractivity contribution in [2.24, 2.45) is 0 Å². The molecular weight excluding hydrogens is 222 g/mol. The average Bonchev–Trinajstić information content (AvgIpc) is 2.37. The number of aromatic nitrogens is 1. The van der Waals surface area contributed by atoms with Crippen LogP contribution in [0.2, 0.25) is 0 Å². The van der Waals surface area contributed by atoms with Gasteiger partial charge < -0.3 is 10.2 Å².